The predicted octanol–water partition coefficient (Wildman–Crippen LogP) is 5.39. The van der Waals surface area contributed by atoms with Crippen LogP contribution in [0.25, 0.3) is 16.8 Å². The number of amidine groups is 1. The van der Waals surface area contributed by atoms with Gasteiger partial charge in [0.15, 0.2) is 5.17 Å². The maximum absolute atomic E-state index is 12.4. The Labute approximate surface area is 165 Å². The van der Waals surface area contributed by atoms with Gasteiger partial charge in [0.25, 0.3) is 5.91 Å². The van der Waals surface area contributed by atoms with Crippen molar-refractivity contribution in [3.05, 3.63) is 76.2 Å². The van der Waals surface area contributed by atoms with Crippen LogP contribution >= 0.6 is 23.4 Å². The minimum atomic E-state index is -0.166. The summed E-state index contributed by atoms with van der Waals surface area (Å²) in [4.78, 5) is 17.4. The van der Waals surface area contributed by atoms with Crippen LogP contribution in [-0.4, -0.2) is 18.2 Å². The molecule has 0 aliphatic carbocycles. The van der Waals surface area contributed by atoms with Gasteiger partial charge in [0, 0.05) is 10.4 Å². The van der Waals surface area contributed by atoms with E-state index in [4.69, 9.17) is 16.3 Å². The van der Waals surface area contributed by atoms with Crippen molar-refractivity contribution in [2.24, 2.45) is 4.99 Å². The Morgan fingerprint density at radius 3 is 2.67 bits per heavy atom. The van der Waals surface area contributed by atoms with Gasteiger partial charge in [0.05, 0.1) is 17.7 Å². The van der Waals surface area contributed by atoms with Crippen molar-refractivity contribution in [2.75, 3.05) is 7.11 Å². The molecule has 0 bridgehead atoms. The van der Waals surface area contributed by atoms with E-state index < -0.39 is 0 Å². The molecule has 0 unspecified atom stereocenters. The van der Waals surface area contributed by atoms with Gasteiger partial charge in [-0.2, -0.15) is 0 Å². The molecule has 6 heteroatoms. The van der Waals surface area contributed by atoms with E-state index in [-0.39, 0.29) is 5.91 Å². The van der Waals surface area contributed by atoms with E-state index in [0.717, 1.165) is 22.1 Å². The highest BCUT2D eigenvalue weighted by molar-refractivity contribution is 8.18. The lowest BCUT2D eigenvalue weighted by Crippen LogP contribution is -2.19. The molecule has 0 spiro atoms. The van der Waals surface area contributed by atoms with Crippen molar-refractivity contribution >= 4 is 57.0 Å². The average Bonchev–Trinajstić information content (AvgIpc) is 3.01. The number of hydrogen-bond donors (Lipinski definition) is 1. The first-order chi connectivity index (χ1) is 13.1. The number of rotatable bonds is 3. The van der Waals surface area contributed by atoms with Gasteiger partial charge >= 0.3 is 0 Å². The Bertz CT molecular complexity index is 1110. The van der Waals surface area contributed by atoms with Crippen LogP contribution in [0.2, 0.25) is 5.02 Å². The number of nitrogens with one attached hydrogen (secondary N) is 1. The van der Waals surface area contributed by atoms with Gasteiger partial charge in [-0.3, -0.25) is 4.79 Å². The minimum absolute atomic E-state index is 0.166. The second-order valence-electron chi connectivity index (χ2n) is 5.86. The minimum Gasteiger partial charge on any atom is -0.496 e. The topological polar surface area (TPSA) is 50.7 Å². The molecule has 1 saturated heterocycles. The molecule has 1 aliphatic rings. The molecule has 1 fully saturated rings. The SMILES string of the molecule is COc1ccc(/C=C2/SC(=Nc3cccc(Cl)c3)NC2=O)c2ccccc12. The van der Waals surface area contributed by atoms with Gasteiger partial charge in [-0.05, 0) is 53.1 Å². The van der Waals surface area contributed by atoms with Crippen LogP contribution in [0.1, 0.15) is 5.56 Å². The maximum Gasteiger partial charge on any atom is 0.264 e. The van der Waals surface area contributed by atoms with Crippen molar-refractivity contribution in [3.63, 3.8) is 0 Å². The summed E-state index contributed by atoms with van der Waals surface area (Å²) in [5.74, 6) is 0.639. The summed E-state index contributed by atoms with van der Waals surface area (Å²) in [5, 5.41) is 5.97. The van der Waals surface area contributed by atoms with Crippen LogP contribution < -0.4 is 10.1 Å². The highest BCUT2D eigenvalue weighted by Gasteiger charge is 2.24. The summed E-state index contributed by atoms with van der Waals surface area (Å²) >= 11 is 7.30. The highest BCUT2D eigenvalue weighted by atomic mass is 35.5. The molecule has 4 nitrogen and oxygen atoms in total. The number of ether oxygens (including phenoxy) is 1. The van der Waals surface area contributed by atoms with E-state index in [1.165, 1.54) is 11.8 Å². The third-order valence-corrected chi connectivity index (χ3v) is 5.26. The number of carbonyl (C=O) groups excluding carboxylic acids is 1. The fourth-order valence-electron chi connectivity index (χ4n) is 2.88. The molecule has 3 aromatic carbocycles. The Morgan fingerprint density at radius 2 is 1.89 bits per heavy atom. The van der Waals surface area contributed by atoms with E-state index >= 15 is 0 Å². The molecule has 3 aromatic rings. The molecule has 0 radical (unpaired) electrons. The van der Waals surface area contributed by atoms with Crippen molar-refractivity contribution in [3.8, 4) is 5.75 Å². The summed E-state index contributed by atoms with van der Waals surface area (Å²) in [6.07, 6.45) is 1.88. The predicted molar refractivity (Wildman–Crippen MR) is 113 cm³/mol. The summed E-state index contributed by atoms with van der Waals surface area (Å²) in [6, 6.07) is 19.0. The number of amides is 1. The molecule has 1 heterocycles. The molecular weight excluding hydrogens is 380 g/mol. The Morgan fingerprint density at radius 1 is 1.07 bits per heavy atom. The zero-order valence-corrected chi connectivity index (χ0v) is 16.0. The molecule has 0 aromatic heterocycles. The van der Waals surface area contributed by atoms with Crippen LogP contribution in [0.4, 0.5) is 5.69 Å². The van der Waals surface area contributed by atoms with Crippen LogP contribution in [0.15, 0.2) is 70.6 Å². The second-order valence-corrected chi connectivity index (χ2v) is 7.33. The normalized spacial score (nSPS) is 16.9. The standard InChI is InChI=1S/C21H15ClN2O2S/c1-26-18-10-9-13(16-7-2-3-8-17(16)18)11-19-20(25)24-21(27-19)23-15-6-4-5-14(22)12-15/h2-12H,1H3,(H,23,24,25)/b19-11+. The van der Waals surface area contributed by atoms with Gasteiger partial charge in [0.2, 0.25) is 0 Å². The fourth-order valence-corrected chi connectivity index (χ4v) is 3.90. The van der Waals surface area contributed by atoms with E-state index in [1.807, 2.05) is 54.6 Å². The first kappa shape index (κ1) is 17.6. The number of methoxy groups -OCH3 is 1. The maximum atomic E-state index is 12.4. The first-order valence-electron chi connectivity index (χ1n) is 8.25. The van der Waals surface area contributed by atoms with Crippen LogP contribution in [0, 0.1) is 0 Å². The average molecular weight is 395 g/mol. The van der Waals surface area contributed by atoms with Crippen molar-refractivity contribution < 1.29 is 9.53 Å². The number of halogens is 1. The molecular formula is C21H15ClN2O2S. The number of carbonyl (C=O) groups is 1. The Kier molecular flexibility index (Phi) is 4.88. The molecule has 134 valence electrons. The molecule has 1 aliphatic heterocycles. The van der Waals surface area contributed by atoms with Gasteiger partial charge in [0.1, 0.15) is 5.75 Å². The number of aliphatic imine (C=N–C) groups is 1. The quantitative estimate of drug-likeness (QED) is 0.605. The van der Waals surface area contributed by atoms with Crippen molar-refractivity contribution in [1.82, 2.24) is 5.32 Å². The zero-order chi connectivity index (χ0) is 18.8. The number of benzene rings is 3. The largest absolute Gasteiger partial charge is 0.496 e. The summed E-state index contributed by atoms with van der Waals surface area (Å²) in [6.45, 7) is 0. The summed E-state index contributed by atoms with van der Waals surface area (Å²) < 4.78 is 5.43. The summed E-state index contributed by atoms with van der Waals surface area (Å²) in [7, 11) is 1.65. The van der Waals surface area contributed by atoms with E-state index in [1.54, 1.807) is 19.2 Å². The highest BCUT2D eigenvalue weighted by Crippen LogP contribution is 2.33. The number of nitrogens with zero attached hydrogens (tertiary/aromatic N) is 1. The molecule has 4 rings (SSSR count). The lowest BCUT2D eigenvalue weighted by molar-refractivity contribution is -0.115. The number of fused-ring (bicyclic) bond motifs is 1. The molecule has 0 saturated carbocycles. The molecule has 1 N–H and O–H groups in total. The van der Waals surface area contributed by atoms with Gasteiger partial charge in [-0.15, -0.1) is 0 Å². The fraction of sp³-hybridized carbons (Fsp3) is 0.0476. The van der Waals surface area contributed by atoms with E-state index in [0.29, 0.717) is 20.8 Å². The summed E-state index contributed by atoms with van der Waals surface area (Å²) in [5.41, 5.74) is 1.65. The van der Waals surface area contributed by atoms with Gasteiger partial charge in [-0.1, -0.05) is 48.0 Å². The third kappa shape index (κ3) is 3.70. The van der Waals surface area contributed by atoms with Crippen LogP contribution in [0.5, 0.6) is 5.75 Å². The number of hydrogen-bond acceptors (Lipinski definition) is 4. The van der Waals surface area contributed by atoms with Crippen molar-refractivity contribution in [1.29, 1.82) is 0 Å². The monoisotopic (exact) mass is 394 g/mol. The zero-order valence-electron chi connectivity index (χ0n) is 14.4. The smallest absolute Gasteiger partial charge is 0.264 e. The van der Waals surface area contributed by atoms with Crippen molar-refractivity contribution in [2.45, 2.75) is 0 Å². The lowest BCUT2D eigenvalue weighted by Gasteiger charge is -2.08. The molecule has 27 heavy (non-hydrogen) atoms. The van der Waals surface area contributed by atoms with Crippen LogP contribution in [-0.2, 0) is 4.79 Å². The van der Waals surface area contributed by atoms with E-state index in [2.05, 4.69) is 10.3 Å². The Hall–Kier alpha value is -2.76. The Balaban J connectivity index is 1.69. The molecule has 1 amide bonds. The van der Waals surface area contributed by atoms with E-state index in [9.17, 15) is 4.79 Å². The van der Waals surface area contributed by atoms with Gasteiger partial charge in [-0.25, -0.2) is 4.99 Å². The lowest BCUT2D eigenvalue weighted by atomic mass is 10.0. The third-order valence-electron chi connectivity index (χ3n) is 4.11. The number of thioether (sulfide) groups is 1. The van der Waals surface area contributed by atoms with Gasteiger partial charge < -0.3 is 10.1 Å². The molecule has 0 atom stereocenters. The van der Waals surface area contributed by atoms with Crippen LogP contribution in [0.3, 0.4) is 0 Å². The second kappa shape index (κ2) is 7.47. The first-order valence-corrected chi connectivity index (χ1v) is 9.44.